The summed E-state index contributed by atoms with van der Waals surface area (Å²) in [7, 11) is 0. The molecular formula is C26H36N2O3. The number of ether oxygens (including phenoxy) is 1. The second kappa shape index (κ2) is 8.48. The lowest BCUT2D eigenvalue weighted by Gasteiger charge is -2.57. The molecule has 0 aromatic heterocycles. The highest BCUT2D eigenvalue weighted by Gasteiger charge is 2.51. The Kier molecular flexibility index (Phi) is 5.70. The molecule has 6 rings (SSSR count). The lowest BCUT2D eigenvalue weighted by atomic mass is 9.49. The second-order valence-corrected chi connectivity index (χ2v) is 10.8. The van der Waals surface area contributed by atoms with Gasteiger partial charge in [-0.3, -0.25) is 9.59 Å². The highest BCUT2D eigenvalue weighted by molar-refractivity contribution is 5.79. The van der Waals surface area contributed by atoms with Crippen molar-refractivity contribution in [3.05, 3.63) is 29.8 Å². The molecule has 168 valence electrons. The smallest absolute Gasteiger partial charge is 0.260 e. The first kappa shape index (κ1) is 20.8. The van der Waals surface area contributed by atoms with E-state index in [1.54, 1.807) is 0 Å². The molecule has 1 aliphatic heterocycles. The van der Waals surface area contributed by atoms with Gasteiger partial charge in [-0.1, -0.05) is 17.7 Å². The number of hydrogen-bond acceptors (Lipinski definition) is 3. The van der Waals surface area contributed by atoms with Gasteiger partial charge in [0.25, 0.3) is 5.91 Å². The number of benzene rings is 1. The first-order chi connectivity index (χ1) is 15.0. The Morgan fingerprint density at radius 3 is 2.00 bits per heavy atom. The van der Waals surface area contributed by atoms with Crippen LogP contribution in [0.2, 0.25) is 0 Å². The highest BCUT2D eigenvalue weighted by atomic mass is 16.5. The van der Waals surface area contributed by atoms with Gasteiger partial charge < -0.3 is 14.5 Å². The molecule has 2 amide bonds. The Balaban J connectivity index is 1.12. The Bertz CT molecular complexity index is 783. The summed E-state index contributed by atoms with van der Waals surface area (Å²) in [4.78, 5) is 29.8. The molecule has 0 unspecified atom stereocenters. The van der Waals surface area contributed by atoms with E-state index >= 15 is 0 Å². The summed E-state index contributed by atoms with van der Waals surface area (Å²) in [6.07, 6.45) is 9.67. The van der Waals surface area contributed by atoms with Gasteiger partial charge >= 0.3 is 0 Å². The average Bonchev–Trinajstić information content (AvgIpc) is 2.98. The first-order valence-electron chi connectivity index (χ1n) is 12.2. The zero-order valence-electron chi connectivity index (χ0n) is 18.9. The van der Waals surface area contributed by atoms with E-state index in [0.717, 1.165) is 42.9 Å². The SMILES string of the molecule is Cc1ccc(OCC(=O)N2CCCN(C(=O)CC34CC5CC(CC(C5)C3)C4)CC2)cc1. The summed E-state index contributed by atoms with van der Waals surface area (Å²) in [5, 5.41) is 0. The van der Waals surface area contributed by atoms with E-state index in [1.165, 1.54) is 44.1 Å². The summed E-state index contributed by atoms with van der Waals surface area (Å²) in [6.45, 7) is 4.84. The summed E-state index contributed by atoms with van der Waals surface area (Å²) in [5.74, 6) is 3.70. The normalized spacial score (nSPS) is 32.1. The quantitative estimate of drug-likeness (QED) is 0.717. The van der Waals surface area contributed by atoms with E-state index in [4.69, 9.17) is 4.74 Å². The maximum atomic E-state index is 13.2. The molecule has 5 heteroatoms. The van der Waals surface area contributed by atoms with Gasteiger partial charge in [-0.2, -0.15) is 0 Å². The Morgan fingerprint density at radius 1 is 0.871 bits per heavy atom. The molecule has 0 N–H and O–H groups in total. The molecule has 4 aliphatic carbocycles. The van der Waals surface area contributed by atoms with Crippen LogP contribution < -0.4 is 4.74 Å². The van der Waals surface area contributed by atoms with Crippen molar-refractivity contribution < 1.29 is 14.3 Å². The predicted molar refractivity (Wildman–Crippen MR) is 120 cm³/mol. The predicted octanol–water partition coefficient (Wildman–Crippen LogP) is 4.04. The van der Waals surface area contributed by atoms with Crippen LogP contribution in [0.1, 0.15) is 56.9 Å². The minimum absolute atomic E-state index is 0.0101. The number of hydrogen-bond donors (Lipinski definition) is 0. The second-order valence-electron chi connectivity index (χ2n) is 10.8. The van der Waals surface area contributed by atoms with Gasteiger partial charge in [0.2, 0.25) is 5.91 Å². The van der Waals surface area contributed by atoms with Crippen LogP contribution in [0.15, 0.2) is 24.3 Å². The zero-order chi connectivity index (χ0) is 21.4. The number of rotatable bonds is 5. The van der Waals surface area contributed by atoms with Crippen molar-refractivity contribution in [2.75, 3.05) is 32.8 Å². The van der Waals surface area contributed by atoms with Crippen molar-refractivity contribution in [3.63, 3.8) is 0 Å². The molecule has 4 saturated carbocycles. The van der Waals surface area contributed by atoms with Gasteiger partial charge in [0, 0.05) is 32.6 Å². The third-order valence-electron chi connectivity index (χ3n) is 8.28. The fraction of sp³-hybridized carbons (Fsp3) is 0.692. The van der Waals surface area contributed by atoms with Crippen LogP contribution in [0.3, 0.4) is 0 Å². The lowest BCUT2D eigenvalue weighted by Crippen LogP contribution is -2.48. The van der Waals surface area contributed by atoms with Gasteiger partial charge in [-0.25, -0.2) is 0 Å². The van der Waals surface area contributed by atoms with Crippen molar-refractivity contribution in [2.45, 2.75) is 58.3 Å². The molecule has 4 bridgehead atoms. The largest absolute Gasteiger partial charge is 0.484 e. The molecule has 31 heavy (non-hydrogen) atoms. The molecule has 5 fully saturated rings. The van der Waals surface area contributed by atoms with Gasteiger partial charge in [-0.15, -0.1) is 0 Å². The number of nitrogens with zero attached hydrogens (tertiary/aromatic N) is 2. The summed E-state index contributed by atoms with van der Waals surface area (Å²) < 4.78 is 5.68. The van der Waals surface area contributed by atoms with Crippen LogP contribution in [0.25, 0.3) is 0 Å². The number of carbonyl (C=O) groups excluding carboxylic acids is 2. The summed E-state index contributed by atoms with van der Waals surface area (Å²) >= 11 is 0. The van der Waals surface area contributed by atoms with Gasteiger partial charge in [-0.05, 0) is 87.2 Å². The average molecular weight is 425 g/mol. The standard InChI is InChI=1S/C26H36N2O3/c1-19-3-5-23(6-4-19)31-18-25(30)28-8-2-7-27(9-10-28)24(29)17-26-14-20-11-21(15-26)13-22(12-20)16-26/h3-6,20-22H,2,7-18H2,1H3. The first-order valence-corrected chi connectivity index (χ1v) is 12.2. The number of aryl methyl sites for hydroxylation is 1. The third kappa shape index (κ3) is 4.61. The van der Waals surface area contributed by atoms with Crippen molar-refractivity contribution in [3.8, 4) is 5.75 Å². The number of carbonyl (C=O) groups is 2. The minimum Gasteiger partial charge on any atom is -0.484 e. The molecule has 1 aromatic rings. The van der Waals surface area contributed by atoms with Crippen LogP contribution in [-0.4, -0.2) is 54.4 Å². The van der Waals surface area contributed by atoms with E-state index in [-0.39, 0.29) is 17.9 Å². The van der Waals surface area contributed by atoms with E-state index in [2.05, 4.69) is 0 Å². The van der Waals surface area contributed by atoms with Gasteiger partial charge in [0.1, 0.15) is 5.75 Å². The van der Waals surface area contributed by atoms with Crippen molar-refractivity contribution >= 4 is 11.8 Å². The molecule has 1 saturated heterocycles. The molecule has 1 aromatic carbocycles. The summed E-state index contributed by atoms with van der Waals surface area (Å²) in [5.41, 5.74) is 1.46. The summed E-state index contributed by atoms with van der Waals surface area (Å²) in [6, 6.07) is 7.77. The van der Waals surface area contributed by atoms with Crippen LogP contribution in [0.4, 0.5) is 0 Å². The highest BCUT2D eigenvalue weighted by Crippen LogP contribution is 2.61. The van der Waals surface area contributed by atoms with Crippen molar-refractivity contribution in [1.29, 1.82) is 0 Å². The fourth-order valence-corrected chi connectivity index (χ4v) is 7.23. The number of amides is 2. The van der Waals surface area contributed by atoms with E-state index in [0.29, 0.717) is 25.5 Å². The Labute approximate surface area is 186 Å². The third-order valence-corrected chi connectivity index (χ3v) is 8.28. The fourth-order valence-electron chi connectivity index (χ4n) is 7.23. The maximum Gasteiger partial charge on any atom is 0.260 e. The molecule has 1 heterocycles. The molecular weight excluding hydrogens is 388 g/mol. The van der Waals surface area contributed by atoms with E-state index < -0.39 is 0 Å². The van der Waals surface area contributed by atoms with Crippen LogP contribution in [-0.2, 0) is 9.59 Å². The maximum absolute atomic E-state index is 13.2. The van der Waals surface area contributed by atoms with Crippen molar-refractivity contribution in [1.82, 2.24) is 9.80 Å². The van der Waals surface area contributed by atoms with Gasteiger partial charge in [0.05, 0.1) is 0 Å². The lowest BCUT2D eigenvalue weighted by molar-refractivity contribution is -0.140. The molecule has 0 radical (unpaired) electrons. The van der Waals surface area contributed by atoms with Crippen LogP contribution in [0, 0.1) is 30.1 Å². The van der Waals surface area contributed by atoms with Crippen LogP contribution in [0.5, 0.6) is 5.75 Å². The van der Waals surface area contributed by atoms with Crippen molar-refractivity contribution in [2.24, 2.45) is 23.2 Å². The molecule has 5 nitrogen and oxygen atoms in total. The Hall–Kier alpha value is -2.04. The molecule has 5 aliphatic rings. The Morgan fingerprint density at radius 2 is 1.42 bits per heavy atom. The zero-order valence-corrected chi connectivity index (χ0v) is 18.9. The van der Waals surface area contributed by atoms with Crippen LogP contribution >= 0.6 is 0 Å². The monoisotopic (exact) mass is 424 g/mol. The van der Waals surface area contributed by atoms with E-state index in [1.807, 2.05) is 41.0 Å². The van der Waals surface area contributed by atoms with E-state index in [9.17, 15) is 9.59 Å². The molecule has 0 atom stereocenters. The molecule has 0 spiro atoms. The van der Waals surface area contributed by atoms with Gasteiger partial charge in [0.15, 0.2) is 6.61 Å². The topological polar surface area (TPSA) is 49.9 Å². The minimum atomic E-state index is 0.0101.